The van der Waals surface area contributed by atoms with E-state index in [0.29, 0.717) is 19.5 Å². The third-order valence-corrected chi connectivity index (χ3v) is 4.91. The molecule has 0 spiro atoms. The van der Waals surface area contributed by atoms with Crippen molar-refractivity contribution in [3.05, 3.63) is 65.7 Å². The summed E-state index contributed by atoms with van der Waals surface area (Å²) in [6.45, 7) is 5.19. The van der Waals surface area contributed by atoms with Crippen molar-refractivity contribution in [1.29, 1.82) is 0 Å². The Bertz CT molecular complexity index is 723. The lowest BCUT2D eigenvalue weighted by atomic mass is 9.95. The number of amides is 1. The van der Waals surface area contributed by atoms with Gasteiger partial charge in [-0.2, -0.15) is 0 Å². The van der Waals surface area contributed by atoms with Gasteiger partial charge in [0.1, 0.15) is 5.75 Å². The van der Waals surface area contributed by atoms with Crippen LogP contribution in [0.4, 0.5) is 0 Å². The quantitative estimate of drug-likeness (QED) is 0.871. The largest absolute Gasteiger partial charge is 0.480 e. The molecule has 1 aliphatic rings. The van der Waals surface area contributed by atoms with Crippen LogP contribution in [0.3, 0.4) is 0 Å². The fraction of sp³-hybridized carbons (Fsp3) is 0.381. The Hall–Kier alpha value is -2.04. The van der Waals surface area contributed by atoms with E-state index in [1.165, 1.54) is 5.56 Å². The van der Waals surface area contributed by atoms with E-state index in [1.807, 2.05) is 61.2 Å². The molecule has 2 aromatic rings. The van der Waals surface area contributed by atoms with Crippen LogP contribution in [0.1, 0.15) is 30.4 Å². The highest BCUT2D eigenvalue weighted by atomic mass is 35.5. The molecule has 0 radical (unpaired) electrons. The second-order valence-electron chi connectivity index (χ2n) is 6.70. The van der Waals surface area contributed by atoms with Gasteiger partial charge in [-0.1, -0.05) is 55.5 Å². The van der Waals surface area contributed by atoms with Crippen molar-refractivity contribution in [2.45, 2.75) is 38.3 Å². The number of rotatable bonds is 5. The minimum atomic E-state index is -0.470. The first kappa shape index (κ1) is 20.3. The van der Waals surface area contributed by atoms with Crippen LogP contribution >= 0.6 is 12.4 Å². The first-order chi connectivity index (χ1) is 12.1. The summed E-state index contributed by atoms with van der Waals surface area (Å²) >= 11 is 0. The normalized spacial score (nSPS) is 20.3. The van der Waals surface area contributed by atoms with Crippen molar-refractivity contribution < 1.29 is 9.53 Å². The van der Waals surface area contributed by atoms with Crippen LogP contribution in [0.15, 0.2) is 54.6 Å². The molecule has 1 amide bonds. The van der Waals surface area contributed by atoms with Gasteiger partial charge in [-0.3, -0.25) is 4.79 Å². The molecule has 5 heteroatoms. The summed E-state index contributed by atoms with van der Waals surface area (Å²) in [6.07, 6.45) is 0.164. The molecule has 0 bridgehead atoms. The topological polar surface area (TPSA) is 55.6 Å². The smallest absolute Gasteiger partial charge is 0.263 e. The van der Waals surface area contributed by atoms with Gasteiger partial charge >= 0.3 is 0 Å². The number of ether oxygens (including phenoxy) is 1. The molecule has 26 heavy (non-hydrogen) atoms. The van der Waals surface area contributed by atoms with E-state index in [2.05, 4.69) is 12.1 Å². The maximum atomic E-state index is 13.0. The number of nitrogens with two attached hydrogens (primary N) is 1. The number of halogens is 1. The zero-order valence-electron chi connectivity index (χ0n) is 15.3. The maximum Gasteiger partial charge on any atom is 0.263 e. The van der Waals surface area contributed by atoms with Gasteiger partial charge in [-0.25, -0.2) is 0 Å². The van der Waals surface area contributed by atoms with E-state index >= 15 is 0 Å². The molecule has 1 heterocycles. The molecule has 2 aromatic carbocycles. The average Bonchev–Trinajstić information content (AvgIpc) is 3.03. The molecule has 1 fully saturated rings. The molecule has 2 N–H and O–H groups in total. The van der Waals surface area contributed by atoms with Crippen molar-refractivity contribution in [2.75, 3.05) is 13.1 Å². The molecule has 4 nitrogen and oxygen atoms in total. The number of carbonyl (C=O) groups excluding carboxylic acids is 1. The fourth-order valence-electron chi connectivity index (χ4n) is 3.42. The van der Waals surface area contributed by atoms with Gasteiger partial charge in [0.05, 0.1) is 0 Å². The average molecular weight is 375 g/mol. The third kappa shape index (κ3) is 4.37. The van der Waals surface area contributed by atoms with Gasteiger partial charge in [0.15, 0.2) is 6.10 Å². The molecule has 3 atom stereocenters. The third-order valence-electron chi connectivity index (χ3n) is 4.91. The van der Waals surface area contributed by atoms with Crippen LogP contribution in [-0.4, -0.2) is 36.0 Å². The Morgan fingerprint density at radius 3 is 2.46 bits per heavy atom. The molecule has 3 rings (SSSR count). The van der Waals surface area contributed by atoms with Crippen LogP contribution in [0.2, 0.25) is 0 Å². The van der Waals surface area contributed by atoms with Crippen LogP contribution in [0.25, 0.3) is 0 Å². The summed E-state index contributed by atoms with van der Waals surface area (Å²) in [6, 6.07) is 18.0. The first-order valence-electron chi connectivity index (χ1n) is 8.91. The van der Waals surface area contributed by atoms with Crippen molar-refractivity contribution >= 4 is 18.3 Å². The summed E-state index contributed by atoms with van der Waals surface area (Å²) in [7, 11) is 0. The van der Waals surface area contributed by atoms with Crippen molar-refractivity contribution in [3.63, 3.8) is 0 Å². The Labute approximate surface area is 161 Å². The van der Waals surface area contributed by atoms with E-state index in [-0.39, 0.29) is 30.3 Å². The zero-order valence-corrected chi connectivity index (χ0v) is 16.1. The maximum absolute atomic E-state index is 13.0. The first-order valence-corrected chi connectivity index (χ1v) is 8.91. The van der Waals surface area contributed by atoms with Gasteiger partial charge in [0.2, 0.25) is 0 Å². The highest BCUT2D eigenvalue weighted by molar-refractivity contribution is 5.85. The minimum absolute atomic E-state index is 0. The number of nitrogens with zero attached hydrogens (tertiary/aromatic N) is 1. The van der Waals surface area contributed by atoms with Crippen molar-refractivity contribution in [2.24, 2.45) is 5.73 Å². The number of likely N-dealkylation sites (tertiary alicyclic amines) is 1. The van der Waals surface area contributed by atoms with E-state index in [1.54, 1.807) is 0 Å². The van der Waals surface area contributed by atoms with Crippen molar-refractivity contribution in [1.82, 2.24) is 4.90 Å². The Morgan fingerprint density at radius 1 is 1.15 bits per heavy atom. The van der Waals surface area contributed by atoms with Crippen LogP contribution < -0.4 is 10.5 Å². The molecular formula is C21H27ClN2O2. The second kappa shape index (κ2) is 9.06. The fourth-order valence-corrected chi connectivity index (χ4v) is 3.42. The highest BCUT2D eigenvalue weighted by Crippen LogP contribution is 2.28. The SMILES string of the molecule is CCC(Oc1ccccc1C)C(=O)N1C[C@@H](N)[C@H](c2ccccc2)C1.Cl. The summed E-state index contributed by atoms with van der Waals surface area (Å²) in [5.41, 5.74) is 8.55. The molecular weight excluding hydrogens is 348 g/mol. The predicted molar refractivity (Wildman–Crippen MR) is 107 cm³/mol. The summed E-state index contributed by atoms with van der Waals surface area (Å²) in [5, 5.41) is 0. The number of carbonyl (C=O) groups is 1. The number of para-hydroxylation sites is 1. The summed E-state index contributed by atoms with van der Waals surface area (Å²) < 4.78 is 6.01. The molecule has 0 aromatic heterocycles. The van der Waals surface area contributed by atoms with E-state index in [0.717, 1.165) is 11.3 Å². The van der Waals surface area contributed by atoms with Crippen LogP contribution in [0, 0.1) is 6.92 Å². The van der Waals surface area contributed by atoms with Gasteiger partial charge in [-0.15, -0.1) is 12.4 Å². The lowest BCUT2D eigenvalue weighted by molar-refractivity contribution is -0.137. The molecule has 1 saturated heterocycles. The summed E-state index contributed by atoms with van der Waals surface area (Å²) in [4.78, 5) is 14.8. The predicted octanol–water partition coefficient (Wildman–Crippen LogP) is 3.53. The van der Waals surface area contributed by atoms with Gasteiger partial charge in [0.25, 0.3) is 5.91 Å². The lowest BCUT2D eigenvalue weighted by Crippen LogP contribution is -2.41. The van der Waals surface area contributed by atoms with Crippen molar-refractivity contribution in [3.8, 4) is 5.75 Å². The highest BCUT2D eigenvalue weighted by Gasteiger charge is 2.36. The van der Waals surface area contributed by atoms with Gasteiger partial charge in [-0.05, 0) is 30.5 Å². The number of benzene rings is 2. The van der Waals surface area contributed by atoms with E-state index in [4.69, 9.17) is 10.5 Å². The molecule has 1 aliphatic heterocycles. The van der Waals surface area contributed by atoms with E-state index < -0.39 is 6.10 Å². The van der Waals surface area contributed by atoms with Gasteiger partial charge < -0.3 is 15.4 Å². The number of aryl methyl sites for hydroxylation is 1. The molecule has 0 saturated carbocycles. The molecule has 140 valence electrons. The standard InChI is InChI=1S/C21H26N2O2.ClH/c1-3-19(25-20-12-8-7-9-15(20)2)21(24)23-13-17(18(22)14-23)16-10-5-4-6-11-16;/h4-12,17-19H,3,13-14,22H2,1-2H3;1H/t17-,18+,19?;/m0./s1. The molecule has 1 unspecified atom stereocenters. The van der Waals surface area contributed by atoms with Crippen LogP contribution in [0.5, 0.6) is 5.75 Å². The summed E-state index contributed by atoms with van der Waals surface area (Å²) in [5.74, 6) is 0.978. The van der Waals surface area contributed by atoms with Crippen LogP contribution in [-0.2, 0) is 4.79 Å². The number of hydrogen-bond acceptors (Lipinski definition) is 3. The Morgan fingerprint density at radius 2 is 1.81 bits per heavy atom. The molecule has 0 aliphatic carbocycles. The van der Waals surface area contributed by atoms with E-state index in [9.17, 15) is 4.79 Å². The lowest BCUT2D eigenvalue weighted by Gasteiger charge is -2.24. The Balaban J connectivity index is 0.00000243. The Kier molecular flexibility index (Phi) is 7.06. The van der Waals surface area contributed by atoms with Gasteiger partial charge in [0, 0.05) is 25.0 Å². The zero-order chi connectivity index (χ0) is 17.8. The number of hydrogen-bond donors (Lipinski definition) is 1. The monoisotopic (exact) mass is 374 g/mol. The second-order valence-corrected chi connectivity index (χ2v) is 6.70. The minimum Gasteiger partial charge on any atom is -0.480 e.